The van der Waals surface area contributed by atoms with E-state index in [9.17, 15) is 13.2 Å². The summed E-state index contributed by atoms with van der Waals surface area (Å²) in [5.41, 5.74) is 0.995. The minimum absolute atomic E-state index is 0.179. The van der Waals surface area contributed by atoms with Crippen LogP contribution in [0.4, 0.5) is 13.2 Å². The van der Waals surface area contributed by atoms with Gasteiger partial charge in [-0.15, -0.1) is 13.2 Å². The van der Waals surface area contributed by atoms with Crippen LogP contribution in [-0.4, -0.2) is 31.5 Å². The topological polar surface area (TPSA) is 21.3 Å². The number of ether oxygens (including phenoxy) is 1. The number of benzene rings is 1. The van der Waals surface area contributed by atoms with Gasteiger partial charge in [0, 0.05) is 6.04 Å². The molecule has 1 atom stereocenters. The number of thioether (sulfide) groups is 1. The summed E-state index contributed by atoms with van der Waals surface area (Å²) in [5, 5.41) is 3.21. The molecule has 0 saturated heterocycles. The first-order valence-corrected chi connectivity index (χ1v) is 7.35. The van der Waals surface area contributed by atoms with E-state index in [2.05, 4.69) is 16.3 Å². The van der Waals surface area contributed by atoms with Crippen molar-refractivity contribution in [2.45, 2.75) is 25.2 Å². The fourth-order valence-corrected chi connectivity index (χ4v) is 2.24. The van der Waals surface area contributed by atoms with Gasteiger partial charge >= 0.3 is 6.36 Å². The number of likely N-dealkylation sites (N-methyl/N-ethyl adjacent to an activating group) is 1. The van der Waals surface area contributed by atoms with E-state index in [1.807, 2.05) is 7.05 Å². The van der Waals surface area contributed by atoms with Gasteiger partial charge in [0.1, 0.15) is 5.75 Å². The van der Waals surface area contributed by atoms with E-state index < -0.39 is 6.36 Å². The van der Waals surface area contributed by atoms with Gasteiger partial charge in [-0.2, -0.15) is 11.8 Å². The van der Waals surface area contributed by atoms with E-state index >= 15 is 0 Å². The molecule has 0 aliphatic rings. The summed E-state index contributed by atoms with van der Waals surface area (Å²) in [6, 6.07) is 6.38. The lowest BCUT2D eigenvalue weighted by Gasteiger charge is -2.16. The van der Waals surface area contributed by atoms with Gasteiger partial charge in [-0.25, -0.2) is 0 Å². The molecule has 1 N–H and O–H groups in total. The average molecular weight is 293 g/mol. The molecule has 1 aromatic rings. The maximum Gasteiger partial charge on any atom is 0.573 e. The van der Waals surface area contributed by atoms with Crippen molar-refractivity contribution in [2.75, 3.05) is 19.1 Å². The van der Waals surface area contributed by atoms with Crippen LogP contribution in [0.15, 0.2) is 24.3 Å². The zero-order valence-electron chi connectivity index (χ0n) is 11.0. The Bertz CT molecular complexity index is 367. The van der Waals surface area contributed by atoms with Crippen molar-refractivity contribution < 1.29 is 17.9 Å². The van der Waals surface area contributed by atoms with Crippen LogP contribution in [0.25, 0.3) is 0 Å². The van der Waals surface area contributed by atoms with Crippen molar-refractivity contribution >= 4 is 11.8 Å². The normalized spacial score (nSPS) is 13.3. The third-order valence-electron chi connectivity index (χ3n) is 2.72. The van der Waals surface area contributed by atoms with E-state index in [0.717, 1.165) is 24.2 Å². The fraction of sp³-hybridized carbons (Fsp3) is 0.538. The first-order chi connectivity index (χ1) is 8.94. The quantitative estimate of drug-likeness (QED) is 0.832. The molecule has 108 valence electrons. The molecule has 19 heavy (non-hydrogen) atoms. The second kappa shape index (κ2) is 7.65. The molecule has 0 aliphatic carbocycles. The number of halogens is 3. The lowest BCUT2D eigenvalue weighted by molar-refractivity contribution is -0.274. The lowest BCUT2D eigenvalue weighted by atomic mass is 10.0. The van der Waals surface area contributed by atoms with Crippen LogP contribution in [-0.2, 0) is 6.42 Å². The van der Waals surface area contributed by atoms with Crippen LogP contribution in [0, 0.1) is 0 Å². The summed E-state index contributed by atoms with van der Waals surface area (Å²) in [5.74, 6) is 0.877. The number of hydrogen-bond donors (Lipinski definition) is 1. The fourth-order valence-electron chi connectivity index (χ4n) is 1.72. The second-order valence-electron chi connectivity index (χ2n) is 4.16. The molecule has 1 aromatic carbocycles. The molecule has 0 amide bonds. The smallest absolute Gasteiger partial charge is 0.406 e. The number of hydrogen-bond acceptors (Lipinski definition) is 3. The van der Waals surface area contributed by atoms with Crippen LogP contribution >= 0.6 is 11.8 Å². The molecule has 1 unspecified atom stereocenters. The van der Waals surface area contributed by atoms with E-state index in [-0.39, 0.29) is 5.75 Å². The molecule has 0 spiro atoms. The molecular weight excluding hydrogens is 275 g/mol. The Morgan fingerprint density at radius 2 is 1.89 bits per heavy atom. The van der Waals surface area contributed by atoms with Gasteiger partial charge in [-0.1, -0.05) is 12.1 Å². The molecule has 0 aliphatic heterocycles. The Balaban J connectivity index is 2.55. The number of alkyl halides is 3. The first-order valence-electron chi connectivity index (χ1n) is 5.95. The third-order valence-corrected chi connectivity index (χ3v) is 3.36. The third kappa shape index (κ3) is 6.73. The molecule has 1 rings (SSSR count). The maximum atomic E-state index is 12.0. The highest BCUT2D eigenvalue weighted by Gasteiger charge is 2.30. The summed E-state index contributed by atoms with van der Waals surface area (Å²) in [6.07, 6.45) is -0.759. The van der Waals surface area contributed by atoms with Crippen molar-refractivity contribution in [1.29, 1.82) is 0 Å². The Hall–Kier alpha value is -0.880. The van der Waals surface area contributed by atoms with E-state index in [0.29, 0.717) is 6.04 Å². The maximum absolute atomic E-state index is 12.0. The lowest BCUT2D eigenvalue weighted by Crippen LogP contribution is -2.28. The van der Waals surface area contributed by atoms with Gasteiger partial charge in [-0.05, 0) is 49.6 Å². The molecular formula is C13H18F3NOS. The van der Waals surface area contributed by atoms with Gasteiger partial charge < -0.3 is 10.1 Å². The van der Waals surface area contributed by atoms with Gasteiger partial charge in [0.15, 0.2) is 0 Å². The van der Waals surface area contributed by atoms with Gasteiger partial charge in [0.25, 0.3) is 0 Å². The molecule has 0 fully saturated rings. The van der Waals surface area contributed by atoms with E-state index in [4.69, 9.17) is 0 Å². The highest BCUT2D eigenvalue weighted by molar-refractivity contribution is 7.98. The van der Waals surface area contributed by atoms with Crippen molar-refractivity contribution in [2.24, 2.45) is 0 Å². The highest BCUT2D eigenvalue weighted by atomic mass is 32.2. The zero-order valence-corrected chi connectivity index (χ0v) is 11.8. The van der Waals surface area contributed by atoms with Crippen LogP contribution < -0.4 is 10.1 Å². The summed E-state index contributed by atoms with van der Waals surface area (Å²) in [6.45, 7) is 0. The summed E-state index contributed by atoms with van der Waals surface area (Å²) < 4.78 is 39.9. The van der Waals surface area contributed by atoms with Crippen molar-refractivity contribution in [3.05, 3.63) is 29.8 Å². The monoisotopic (exact) mass is 293 g/mol. The molecule has 2 nitrogen and oxygen atoms in total. The summed E-state index contributed by atoms with van der Waals surface area (Å²) >= 11 is 1.78. The number of rotatable bonds is 7. The predicted molar refractivity (Wildman–Crippen MR) is 72.7 cm³/mol. The van der Waals surface area contributed by atoms with Crippen molar-refractivity contribution in [1.82, 2.24) is 5.32 Å². The van der Waals surface area contributed by atoms with E-state index in [1.165, 1.54) is 12.1 Å². The standard InChI is InChI=1S/C13H18F3NOS/c1-17-11(7-8-19-2)9-10-3-5-12(6-4-10)18-13(14,15)16/h3-6,11,17H,7-9H2,1-2H3. The predicted octanol–water partition coefficient (Wildman–Crippen LogP) is 3.47. The number of nitrogens with one attached hydrogen (secondary N) is 1. The highest BCUT2D eigenvalue weighted by Crippen LogP contribution is 2.23. The minimum atomic E-state index is -4.63. The van der Waals surface area contributed by atoms with Crippen LogP contribution in [0.3, 0.4) is 0 Å². The molecule has 0 bridgehead atoms. The Kier molecular flexibility index (Phi) is 6.51. The molecule has 0 aromatic heterocycles. The van der Waals surface area contributed by atoms with Gasteiger partial charge in [0.2, 0.25) is 0 Å². The minimum Gasteiger partial charge on any atom is -0.406 e. The molecule has 6 heteroatoms. The van der Waals surface area contributed by atoms with Gasteiger partial charge in [0.05, 0.1) is 0 Å². The van der Waals surface area contributed by atoms with Crippen LogP contribution in [0.1, 0.15) is 12.0 Å². The Labute approximate surface area is 115 Å². The van der Waals surface area contributed by atoms with Crippen LogP contribution in [0.5, 0.6) is 5.75 Å². The van der Waals surface area contributed by atoms with Crippen molar-refractivity contribution in [3.63, 3.8) is 0 Å². The zero-order chi connectivity index (χ0) is 14.3. The van der Waals surface area contributed by atoms with E-state index in [1.54, 1.807) is 23.9 Å². The summed E-state index contributed by atoms with van der Waals surface area (Å²) in [7, 11) is 1.89. The second-order valence-corrected chi connectivity index (χ2v) is 5.15. The Morgan fingerprint density at radius 1 is 1.26 bits per heavy atom. The SMILES string of the molecule is CNC(CCSC)Cc1ccc(OC(F)(F)F)cc1. The van der Waals surface area contributed by atoms with Gasteiger partial charge in [-0.3, -0.25) is 0 Å². The van der Waals surface area contributed by atoms with Crippen LogP contribution in [0.2, 0.25) is 0 Å². The average Bonchev–Trinajstić information content (AvgIpc) is 2.34. The van der Waals surface area contributed by atoms with Crippen molar-refractivity contribution in [3.8, 4) is 5.75 Å². The molecule has 0 heterocycles. The first kappa shape index (κ1) is 16.2. The largest absolute Gasteiger partial charge is 0.573 e. The summed E-state index contributed by atoms with van der Waals surface area (Å²) in [4.78, 5) is 0. The molecule has 0 radical (unpaired) electrons. The molecule has 0 saturated carbocycles. The Morgan fingerprint density at radius 3 is 2.37 bits per heavy atom.